The standard InChI is InChI=1S/C7H14N4O2S/c1-2-6-9-5-7(11-6)14(12,13)10-4-3-8/h5,10H,2-4,8H2,1H3,(H,9,11). The number of hydrogen-bond acceptors (Lipinski definition) is 4. The Morgan fingerprint density at radius 2 is 2.36 bits per heavy atom. The normalized spacial score (nSPS) is 11.9. The van der Waals surface area contributed by atoms with Gasteiger partial charge in [-0.25, -0.2) is 18.1 Å². The minimum absolute atomic E-state index is 0.0859. The SMILES string of the molecule is CCc1ncc(S(=O)(=O)NCCN)[nH]1. The molecule has 0 saturated carbocycles. The smallest absolute Gasteiger partial charge is 0.257 e. The minimum atomic E-state index is -3.46. The average molecular weight is 218 g/mol. The lowest BCUT2D eigenvalue weighted by Gasteiger charge is -2.01. The Morgan fingerprint density at radius 3 is 2.86 bits per heavy atom. The molecular formula is C7H14N4O2S. The fourth-order valence-corrected chi connectivity index (χ4v) is 1.92. The van der Waals surface area contributed by atoms with Gasteiger partial charge in [0.15, 0.2) is 5.03 Å². The third-order valence-corrected chi connectivity index (χ3v) is 3.04. The Morgan fingerprint density at radius 1 is 1.64 bits per heavy atom. The Labute approximate surface area is 83.0 Å². The molecule has 0 spiro atoms. The summed E-state index contributed by atoms with van der Waals surface area (Å²) in [7, 11) is -3.46. The first-order valence-electron chi connectivity index (χ1n) is 4.33. The number of nitrogens with two attached hydrogens (primary N) is 1. The zero-order chi connectivity index (χ0) is 10.6. The number of rotatable bonds is 5. The number of sulfonamides is 1. The van der Waals surface area contributed by atoms with Crippen LogP contribution in [0.5, 0.6) is 0 Å². The number of imidazole rings is 1. The number of H-pyrrole nitrogens is 1. The van der Waals surface area contributed by atoms with Gasteiger partial charge in [-0.3, -0.25) is 0 Å². The highest BCUT2D eigenvalue weighted by Crippen LogP contribution is 2.04. The van der Waals surface area contributed by atoms with Crippen molar-refractivity contribution in [2.45, 2.75) is 18.4 Å². The van der Waals surface area contributed by atoms with E-state index in [4.69, 9.17) is 5.73 Å². The molecule has 1 aromatic heterocycles. The molecule has 80 valence electrons. The van der Waals surface area contributed by atoms with E-state index in [1.54, 1.807) is 0 Å². The predicted molar refractivity (Wildman–Crippen MR) is 52.2 cm³/mol. The maximum Gasteiger partial charge on any atom is 0.257 e. The first-order chi connectivity index (χ1) is 6.60. The summed E-state index contributed by atoms with van der Waals surface area (Å²) in [6, 6.07) is 0. The molecule has 14 heavy (non-hydrogen) atoms. The molecule has 1 rings (SSSR count). The van der Waals surface area contributed by atoms with Crippen molar-refractivity contribution in [3.8, 4) is 0 Å². The molecule has 0 aromatic carbocycles. The van der Waals surface area contributed by atoms with Crippen molar-refractivity contribution in [3.05, 3.63) is 12.0 Å². The van der Waals surface area contributed by atoms with E-state index in [0.717, 1.165) is 0 Å². The van der Waals surface area contributed by atoms with Gasteiger partial charge in [0, 0.05) is 19.5 Å². The largest absolute Gasteiger partial charge is 0.332 e. The van der Waals surface area contributed by atoms with Gasteiger partial charge in [-0.05, 0) is 0 Å². The zero-order valence-corrected chi connectivity index (χ0v) is 8.76. The summed E-state index contributed by atoms with van der Waals surface area (Å²) >= 11 is 0. The number of aryl methyl sites for hydroxylation is 1. The van der Waals surface area contributed by atoms with Gasteiger partial charge in [0.1, 0.15) is 5.82 Å². The number of aromatic amines is 1. The van der Waals surface area contributed by atoms with E-state index in [9.17, 15) is 8.42 Å². The first kappa shape index (κ1) is 11.2. The first-order valence-corrected chi connectivity index (χ1v) is 5.82. The van der Waals surface area contributed by atoms with E-state index in [0.29, 0.717) is 12.2 Å². The van der Waals surface area contributed by atoms with Crippen molar-refractivity contribution in [1.82, 2.24) is 14.7 Å². The van der Waals surface area contributed by atoms with E-state index < -0.39 is 10.0 Å². The third-order valence-electron chi connectivity index (χ3n) is 1.67. The second-order valence-corrected chi connectivity index (χ2v) is 4.47. The summed E-state index contributed by atoms with van der Waals surface area (Å²) < 4.78 is 25.3. The molecule has 0 aliphatic carbocycles. The predicted octanol–water partition coefficient (Wildman–Crippen LogP) is -0.791. The van der Waals surface area contributed by atoms with Crippen LogP contribution in [0.2, 0.25) is 0 Å². The molecule has 0 radical (unpaired) electrons. The summed E-state index contributed by atoms with van der Waals surface area (Å²) in [6.07, 6.45) is 1.98. The van der Waals surface area contributed by atoms with Gasteiger partial charge in [0.2, 0.25) is 0 Å². The highest BCUT2D eigenvalue weighted by atomic mass is 32.2. The van der Waals surface area contributed by atoms with Crippen molar-refractivity contribution in [1.29, 1.82) is 0 Å². The van der Waals surface area contributed by atoms with E-state index in [1.165, 1.54) is 6.20 Å². The fraction of sp³-hybridized carbons (Fsp3) is 0.571. The fourth-order valence-electron chi connectivity index (χ4n) is 0.931. The Kier molecular flexibility index (Phi) is 3.62. The molecular weight excluding hydrogens is 204 g/mol. The molecule has 0 bridgehead atoms. The quantitative estimate of drug-likeness (QED) is 0.602. The number of hydrogen-bond donors (Lipinski definition) is 3. The van der Waals surface area contributed by atoms with Crippen LogP contribution >= 0.6 is 0 Å². The van der Waals surface area contributed by atoms with Crippen LogP contribution in [-0.4, -0.2) is 31.5 Å². The van der Waals surface area contributed by atoms with Crippen LogP contribution in [0.15, 0.2) is 11.2 Å². The molecule has 1 aromatic rings. The molecule has 7 heteroatoms. The Hall–Kier alpha value is -0.920. The summed E-state index contributed by atoms with van der Waals surface area (Å²) in [5.74, 6) is 0.651. The third kappa shape index (κ3) is 2.53. The number of nitrogens with one attached hydrogen (secondary N) is 2. The van der Waals surface area contributed by atoms with E-state index in [2.05, 4.69) is 14.7 Å². The van der Waals surface area contributed by atoms with E-state index >= 15 is 0 Å². The van der Waals surface area contributed by atoms with Crippen LogP contribution in [0, 0.1) is 0 Å². The molecule has 0 atom stereocenters. The Balaban J connectivity index is 2.81. The highest BCUT2D eigenvalue weighted by molar-refractivity contribution is 7.89. The van der Waals surface area contributed by atoms with Gasteiger partial charge >= 0.3 is 0 Å². The van der Waals surface area contributed by atoms with Crippen LogP contribution in [-0.2, 0) is 16.4 Å². The molecule has 1 heterocycles. The summed E-state index contributed by atoms with van der Waals surface area (Å²) in [6.45, 7) is 2.39. The van der Waals surface area contributed by atoms with Gasteiger partial charge < -0.3 is 10.7 Å². The van der Waals surface area contributed by atoms with Crippen molar-refractivity contribution in [2.24, 2.45) is 5.73 Å². The van der Waals surface area contributed by atoms with Crippen LogP contribution in [0.1, 0.15) is 12.7 Å². The van der Waals surface area contributed by atoms with Gasteiger partial charge in [0.05, 0.1) is 6.20 Å². The molecule has 0 fully saturated rings. The monoisotopic (exact) mass is 218 g/mol. The van der Waals surface area contributed by atoms with Crippen LogP contribution in [0.3, 0.4) is 0 Å². The number of nitrogens with zero attached hydrogens (tertiary/aromatic N) is 1. The lowest BCUT2D eigenvalue weighted by atomic mass is 10.5. The lowest BCUT2D eigenvalue weighted by Crippen LogP contribution is -2.29. The summed E-state index contributed by atoms with van der Waals surface area (Å²) in [5, 5.41) is 0.0859. The molecule has 0 aliphatic rings. The molecule has 0 aliphatic heterocycles. The van der Waals surface area contributed by atoms with Crippen molar-refractivity contribution in [3.63, 3.8) is 0 Å². The van der Waals surface area contributed by atoms with Gasteiger partial charge in [-0.2, -0.15) is 0 Å². The lowest BCUT2D eigenvalue weighted by molar-refractivity contribution is 0.578. The van der Waals surface area contributed by atoms with Crippen LogP contribution < -0.4 is 10.5 Å². The van der Waals surface area contributed by atoms with Crippen LogP contribution in [0.4, 0.5) is 0 Å². The summed E-state index contributed by atoms with van der Waals surface area (Å²) in [5.41, 5.74) is 5.19. The van der Waals surface area contributed by atoms with Crippen molar-refractivity contribution >= 4 is 10.0 Å². The molecule has 4 N–H and O–H groups in total. The Bertz CT molecular complexity index is 384. The van der Waals surface area contributed by atoms with Gasteiger partial charge in [-0.1, -0.05) is 6.92 Å². The van der Waals surface area contributed by atoms with Gasteiger partial charge in [-0.15, -0.1) is 0 Å². The molecule has 0 amide bonds. The van der Waals surface area contributed by atoms with Crippen molar-refractivity contribution in [2.75, 3.05) is 13.1 Å². The number of aromatic nitrogens is 2. The molecule has 0 unspecified atom stereocenters. The zero-order valence-electron chi connectivity index (χ0n) is 7.95. The van der Waals surface area contributed by atoms with Crippen LogP contribution in [0.25, 0.3) is 0 Å². The molecule has 0 saturated heterocycles. The van der Waals surface area contributed by atoms with E-state index in [1.807, 2.05) is 6.92 Å². The maximum absolute atomic E-state index is 11.5. The minimum Gasteiger partial charge on any atom is -0.332 e. The molecule has 6 nitrogen and oxygen atoms in total. The highest BCUT2D eigenvalue weighted by Gasteiger charge is 2.15. The second-order valence-electron chi connectivity index (χ2n) is 2.73. The second kappa shape index (κ2) is 4.54. The maximum atomic E-state index is 11.5. The topological polar surface area (TPSA) is 101 Å². The van der Waals surface area contributed by atoms with Crippen molar-refractivity contribution < 1.29 is 8.42 Å². The summed E-state index contributed by atoms with van der Waals surface area (Å²) in [4.78, 5) is 6.61. The van der Waals surface area contributed by atoms with E-state index in [-0.39, 0.29) is 18.1 Å². The van der Waals surface area contributed by atoms with Gasteiger partial charge in [0.25, 0.3) is 10.0 Å². The average Bonchev–Trinajstić information content (AvgIpc) is 2.63.